The van der Waals surface area contributed by atoms with Crippen molar-refractivity contribution in [3.8, 4) is 0 Å². The number of halogens is 1. The van der Waals surface area contributed by atoms with Crippen LogP contribution in [0.1, 0.15) is 25.1 Å². The van der Waals surface area contributed by atoms with Crippen molar-refractivity contribution in [2.45, 2.75) is 24.7 Å². The van der Waals surface area contributed by atoms with Crippen LogP contribution in [0.5, 0.6) is 0 Å². The number of fused-ring (bicyclic) bond motifs is 1. The topological polar surface area (TPSA) is 54.7 Å². The van der Waals surface area contributed by atoms with Crippen LogP contribution in [0, 0.1) is 5.82 Å². The Balaban J connectivity index is 2.11. The molecule has 1 aliphatic rings. The summed E-state index contributed by atoms with van der Waals surface area (Å²) in [4.78, 5) is 7.72. The summed E-state index contributed by atoms with van der Waals surface area (Å²) in [7, 11) is 0. The Morgan fingerprint density at radius 2 is 2.25 bits per heavy atom. The maximum Gasteiger partial charge on any atom is 0.125 e. The van der Waals surface area contributed by atoms with Gasteiger partial charge in [-0.2, -0.15) is 0 Å². The summed E-state index contributed by atoms with van der Waals surface area (Å²) in [5.74, 6) is 0.681. The van der Waals surface area contributed by atoms with E-state index in [1.165, 1.54) is 18.6 Å². The first-order valence-electron chi connectivity index (χ1n) is 5.59. The van der Waals surface area contributed by atoms with E-state index in [9.17, 15) is 4.39 Å². The Bertz CT molecular complexity index is 523. The first kappa shape index (κ1) is 9.78. The van der Waals surface area contributed by atoms with Crippen molar-refractivity contribution >= 4 is 11.0 Å². The summed E-state index contributed by atoms with van der Waals surface area (Å²) in [5, 5.41) is 0. The Morgan fingerprint density at radius 3 is 2.88 bits per heavy atom. The standard InChI is InChI=1S/C12H14FN3/c13-8-2-3-9-10(6-8)16-11(15-9)12(7-14)4-1-5-12/h2-3,6H,1,4-5,7,14H2,(H,15,16). The molecule has 1 fully saturated rings. The van der Waals surface area contributed by atoms with Crippen molar-refractivity contribution < 1.29 is 4.39 Å². The number of hydrogen-bond acceptors (Lipinski definition) is 2. The van der Waals surface area contributed by atoms with Crippen molar-refractivity contribution in [1.82, 2.24) is 9.97 Å². The molecule has 0 bridgehead atoms. The van der Waals surface area contributed by atoms with Crippen LogP contribution in [0.15, 0.2) is 18.2 Å². The minimum Gasteiger partial charge on any atom is -0.341 e. The van der Waals surface area contributed by atoms with Crippen LogP contribution in [0.3, 0.4) is 0 Å². The fourth-order valence-electron chi connectivity index (χ4n) is 2.37. The average molecular weight is 219 g/mol. The molecule has 0 aliphatic heterocycles. The fourth-order valence-corrected chi connectivity index (χ4v) is 2.37. The second-order valence-electron chi connectivity index (χ2n) is 4.58. The first-order chi connectivity index (χ1) is 7.73. The summed E-state index contributed by atoms with van der Waals surface area (Å²) in [5.41, 5.74) is 7.40. The number of benzene rings is 1. The SMILES string of the molecule is NCC1(c2nc3ccc(F)cc3[nH]2)CCC1. The van der Waals surface area contributed by atoms with Gasteiger partial charge in [0.2, 0.25) is 0 Å². The molecule has 16 heavy (non-hydrogen) atoms. The predicted molar refractivity (Wildman–Crippen MR) is 60.6 cm³/mol. The van der Waals surface area contributed by atoms with Crippen LogP contribution >= 0.6 is 0 Å². The smallest absolute Gasteiger partial charge is 0.125 e. The van der Waals surface area contributed by atoms with E-state index in [4.69, 9.17) is 5.73 Å². The minimum atomic E-state index is -0.238. The summed E-state index contributed by atoms with van der Waals surface area (Å²) < 4.78 is 13.0. The van der Waals surface area contributed by atoms with E-state index in [-0.39, 0.29) is 11.2 Å². The van der Waals surface area contributed by atoms with Gasteiger partial charge in [0.05, 0.1) is 11.0 Å². The molecule has 1 aromatic heterocycles. The van der Waals surface area contributed by atoms with E-state index in [0.717, 1.165) is 29.7 Å². The van der Waals surface area contributed by atoms with Gasteiger partial charge in [-0.3, -0.25) is 0 Å². The number of H-pyrrole nitrogens is 1. The van der Waals surface area contributed by atoms with E-state index >= 15 is 0 Å². The summed E-state index contributed by atoms with van der Waals surface area (Å²) in [6, 6.07) is 4.62. The maximum absolute atomic E-state index is 13.0. The van der Waals surface area contributed by atoms with Crippen LogP contribution in [-0.2, 0) is 5.41 Å². The number of nitrogens with zero attached hydrogens (tertiary/aromatic N) is 1. The number of nitrogens with two attached hydrogens (primary N) is 1. The van der Waals surface area contributed by atoms with E-state index < -0.39 is 0 Å². The normalized spacial score (nSPS) is 18.6. The lowest BCUT2D eigenvalue weighted by atomic mass is 9.68. The van der Waals surface area contributed by atoms with E-state index in [1.54, 1.807) is 6.07 Å². The van der Waals surface area contributed by atoms with Gasteiger partial charge in [-0.1, -0.05) is 6.42 Å². The van der Waals surface area contributed by atoms with Gasteiger partial charge in [-0.15, -0.1) is 0 Å². The Kier molecular flexibility index (Phi) is 2.01. The van der Waals surface area contributed by atoms with Crippen LogP contribution in [-0.4, -0.2) is 16.5 Å². The quantitative estimate of drug-likeness (QED) is 0.812. The molecule has 1 aliphatic carbocycles. The zero-order valence-electron chi connectivity index (χ0n) is 8.96. The molecule has 1 aromatic carbocycles. The Labute approximate surface area is 92.9 Å². The third-order valence-electron chi connectivity index (χ3n) is 3.65. The molecule has 3 rings (SSSR count). The molecule has 0 unspecified atom stereocenters. The van der Waals surface area contributed by atoms with Crippen LogP contribution in [0.4, 0.5) is 4.39 Å². The van der Waals surface area contributed by atoms with Gasteiger partial charge in [-0.25, -0.2) is 9.37 Å². The fraction of sp³-hybridized carbons (Fsp3) is 0.417. The van der Waals surface area contributed by atoms with Crippen LogP contribution in [0.2, 0.25) is 0 Å². The molecule has 3 N–H and O–H groups in total. The highest BCUT2D eigenvalue weighted by Gasteiger charge is 2.40. The zero-order valence-corrected chi connectivity index (χ0v) is 8.96. The van der Waals surface area contributed by atoms with Crippen molar-refractivity contribution in [3.05, 3.63) is 29.8 Å². The lowest BCUT2D eigenvalue weighted by molar-refractivity contribution is 0.240. The van der Waals surface area contributed by atoms with Gasteiger partial charge >= 0.3 is 0 Å². The van der Waals surface area contributed by atoms with Crippen LogP contribution < -0.4 is 5.73 Å². The maximum atomic E-state index is 13.0. The molecule has 84 valence electrons. The first-order valence-corrected chi connectivity index (χ1v) is 5.59. The molecule has 0 saturated heterocycles. The number of aromatic amines is 1. The van der Waals surface area contributed by atoms with Gasteiger partial charge in [0, 0.05) is 12.0 Å². The molecule has 1 saturated carbocycles. The highest BCUT2D eigenvalue weighted by molar-refractivity contribution is 5.75. The highest BCUT2D eigenvalue weighted by Crippen LogP contribution is 2.41. The average Bonchev–Trinajstić information content (AvgIpc) is 2.60. The van der Waals surface area contributed by atoms with E-state index in [2.05, 4.69) is 9.97 Å². The monoisotopic (exact) mass is 219 g/mol. The lowest BCUT2D eigenvalue weighted by Crippen LogP contribution is -2.42. The van der Waals surface area contributed by atoms with Gasteiger partial charge in [0.25, 0.3) is 0 Å². The molecule has 0 atom stereocenters. The van der Waals surface area contributed by atoms with Crippen molar-refractivity contribution in [2.75, 3.05) is 6.54 Å². The molecule has 3 nitrogen and oxygen atoms in total. The van der Waals surface area contributed by atoms with Crippen molar-refractivity contribution in [1.29, 1.82) is 0 Å². The van der Waals surface area contributed by atoms with Crippen LogP contribution in [0.25, 0.3) is 11.0 Å². The molecule has 0 spiro atoms. The van der Waals surface area contributed by atoms with Gasteiger partial charge in [0.15, 0.2) is 0 Å². The molecule has 4 heteroatoms. The number of aromatic nitrogens is 2. The summed E-state index contributed by atoms with van der Waals surface area (Å²) in [6.45, 7) is 0.606. The van der Waals surface area contributed by atoms with Gasteiger partial charge in [0.1, 0.15) is 11.6 Å². The minimum absolute atomic E-state index is 0.00942. The molecule has 0 radical (unpaired) electrons. The Hall–Kier alpha value is -1.42. The number of rotatable bonds is 2. The number of hydrogen-bond donors (Lipinski definition) is 2. The molecular formula is C12H14FN3. The summed E-state index contributed by atoms with van der Waals surface area (Å²) >= 11 is 0. The number of nitrogens with one attached hydrogen (secondary N) is 1. The van der Waals surface area contributed by atoms with Gasteiger partial charge in [-0.05, 0) is 31.0 Å². The largest absolute Gasteiger partial charge is 0.341 e. The van der Waals surface area contributed by atoms with E-state index in [0.29, 0.717) is 6.54 Å². The molecule has 1 heterocycles. The second kappa shape index (κ2) is 3.28. The lowest BCUT2D eigenvalue weighted by Gasteiger charge is -2.38. The van der Waals surface area contributed by atoms with E-state index in [1.807, 2.05) is 0 Å². The molecule has 2 aromatic rings. The number of imidazole rings is 1. The summed E-state index contributed by atoms with van der Waals surface area (Å²) in [6.07, 6.45) is 3.35. The van der Waals surface area contributed by atoms with Gasteiger partial charge < -0.3 is 10.7 Å². The highest BCUT2D eigenvalue weighted by atomic mass is 19.1. The van der Waals surface area contributed by atoms with Crippen molar-refractivity contribution in [3.63, 3.8) is 0 Å². The molecular weight excluding hydrogens is 205 g/mol. The molecule has 0 amide bonds. The van der Waals surface area contributed by atoms with Crippen molar-refractivity contribution in [2.24, 2.45) is 5.73 Å². The zero-order chi connectivity index (χ0) is 11.2. The Morgan fingerprint density at radius 1 is 1.44 bits per heavy atom. The predicted octanol–water partition coefficient (Wildman–Crippen LogP) is 2.08. The third kappa shape index (κ3) is 1.26. The second-order valence-corrected chi connectivity index (χ2v) is 4.58. The third-order valence-corrected chi connectivity index (χ3v) is 3.65.